The van der Waals surface area contributed by atoms with Gasteiger partial charge < -0.3 is 0 Å². The van der Waals surface area contributed by atoms with Crippen LogP contribution in [0.1, 0.15) is 24.8 Å². The normalized spacial score (nSPS) is 11.9. The lowest BCUT2D eigenvalue weighted by molar-refractivity contribution is 0.598. The average Bonchev–Trinajstić information content (AvgIpc) is 2.65. The molecule has 18 heavy (non-hydrogen) atoms. The van der Waals surface area contributed by atoms with Gasteiger partial charge in [-0.25, -0.2) is 13.4 Å². The standard InChI is InChI=1S/C12H16N2O2S2/c1-3-4-7-18(15,16)14-10-5-6-12-11(8-10)13-9(2)17-12/h5-6,8,14H,3-4,7H2,1-2H3. The van der Waals surface area contributed by atoms with Crippen molar-refractivity contribution in [2.45, 2.75) is 26.7 Å². The number of hydrogen-bond donors (Lipinski definition) is 1. The first-order valence-corrected chi connectivity index (χ1v) is 8.35. The Morgan fingerprint density at radius 1 is 1.39 bits per heavy atom. The Morgan fingerprint density at radius 2 is 2.17 bits per heavy atom. The zero-order valence-electron chi connectivity index (χ0n) is 10.4. The molecule has 0 aliphatic heterocycles. The number of thiazole rings is 1. The van der Waals surface area contributed by atoms with Crippen LogP contribution in [-0.2, 0) is 10.0 Å². The van der Waals surface area contributed by atoms with Gasteiger partial charge in [0.15, 0.2) is 0 Å². The van der Waals surface area contributed by atoms with Gasteiger partial charge in [-0.2, -0.15) is 0 Å². The van der Waals surface area contributed by atoms with Gasteiger partial charge in [-0.1, -0.05) is 13.3 Å². The lowest BCUT2D eigenvalue weighted by atomic mass is 10.3. The summed E-state index contributed by atoms with van der Waals surface area (Å²) in [7, 11) is -3.23. The molecule has 1 aromatic carbocycles. The minimum absolute atomic E-state index is 0.164. The largest absolute Gasteiger partial charge is 0.283 e. The third-order valence-corrected chi connectivity index (χ3v) is 4.86. The zero-order valence-corrected chi connectivity index (χ0v) is 12.1. The van der Waals surface area contributed by atoms with Crippen LogP contribution in [0.2, 0.25) is 0 Å². The Kier molecular flexibility index (Phi) is 3.87. The van der Waals surface area contributed by atoms with Gasteiger partial charge in [0.05, 0.1) is 26.7 Å². The summed E-state index contributed by atoms with van der Waals surface area (Å²) < 4.78 is 27.2. The van der Waals surface area contributed by atoms with E-state index in [1.807, 2.05) is 19.9 Å². The van der Waals surface area contributed by atoms with E-state index < -0.39 is 10.0 Å². The second-order valence-corrected chi connectivity index (χ2v) is 7.27. The molecule has 0 spiro atoms. The maximum atomic E-state index is 11.8. The number of hydrogen-bond acceptors (Lipinski definition) is 4. The highest BCUT2D eigenvalue weighted by atomic mass is 32.2. The number of rotatable bonds is 5. The van der Waals surface area contributed by atoms with Crippen LogP contribution in [0.4, 0.5) is 5.69 Å². The van der Waals surface area contributed by atoms with Crippen molar-refractivity contribution in [2.75, 3.05) is 10.5 Å². The molecule has 2 rings (SSSR count). The molecule has 6 heteroatoms. The van der Waals surface area contributed by atoms with Crippen LogP contribution in [-0.4, -0.2) is 19.2 Å². The van der Waals surface area contributed by atoms with E-state index in [9.17, 15) is 8.42 Å². The summed E-state index contributed by atoms with van der Waals surface area (Å²) >= 11 is 1.60. The lowest BCUT2D eigenvalue weighted by Gasteiger charge is -2.07. The van der Waals surface area contributed by atoms with Crippen molar-refractivity contribution >= 4 is 37.3 Å². The highest BCUT2D eigenvalue weighted by Gasteiger charge is 2.10. The molecule has 0 aliphatic carbocycles. The van der Waals surface area contributed by atoms with Gasteiger partial charge in [0.1, 0.15) is 0 Å². The van der Waals surface area contributed by atoms with Crippen molar-refractivity contribution in [3.8, 4) is 0 Å². The monoisotopic (exact) mass is 284 g/mol. The molecule has 0 unspecified atom stereocenters. The highest BCUT2D eigenvalue weighted by molar-refractivity contribution is 7.92. The van der Waals surface area contributed by atoms with E-state index in [0.717, 1.165) is 21.6 Å². The predicted molar refractivity (Wildman–Crippen MR) is 76.7 cm³/mol. The topological polar surface area (TPSA) is 59.1 Å². The minimum Gasteiger partial charge on any atom is -0.283 e. The van der Waals surface area contributed by atoms with Crippen LogP contribution in [0.15, 0.2) is 18.2 Å². The summed E-state index contributed by atoms with van der Waals surface area (Å²) in [5, 5.41) is 0.982. The summed E-state index contributed by atoms with van der Waals surface area (Å²) in [6.45, 7) is 3.91. The second-order valence-electron chi connectivity index (χ2n) is 4.19. The number of nitrogens with zero attached hydrogens (tertiary/aromatic N) is 1. The fourth-order valence-corrected chi connectivity index (χ4v) is 3.74. The van der Waals surface area contributed by atoms with Gasteiger partial charge in [0, 0.05) is 0 Å². The Hall–Kier alpha value is -1.14. The second kappa shape index (κ2) is 5.24. The van der Waals surface area contributed by atoms with E-state index >= 15 is 0 Å². The quantitative estimate of drug-likeness (QED) is 0.917. The van der Waals surface area contributed by atoms with Gasteiger partial charge in [0.25, 0.3) is 0 Å². The molecule has 0 aliphatic rings. The van der Waals surface area contributed by atoms with Crippen LogP contribution in [0.25, 0.3) is 10.2 Å². The van der Waals surface area contributed by atoms with Crippen LogP contribution in [0, 0.1) is 6.92 Å². The van der Waals surface area contributed by atoms with Crippen molar-refractivity contribution < 1.29 is 8.42 Å². The van der Waals surface area contributed by atoms with E-state index in [-0.39, 0.29) is 5.75 Å². The Bertz CT molecular complexity index is 647. The molecule has 0 atom stereocenters. The van der Waals surface area contributed by atoms with E-state index in [4.69, 9.17) is 0 Å². The zero-order chi connectivity index (χ0) is 13.2. The molecule has 0 radical (unpaired) electrons. The molecule has 1 N–H and O–H groups in total. The Morgan fingerprint density at radius 3 is 2.89 bits per heavy atom. The number of nitrogens with one attached hydrogen (secondary N) is 1. The minimum atomic E-state index is -3.23. The predicted octanol–water partition coefficient (Wildman–Crippen LogP) is 3.15. The van der Waals surface area contributed by atoms with Gasteiger partial charge in [-0.05, 0) is 31.5 Å². The van der Waals surface area contributed by atoms with E-state index in [2.05, 4.69) is 9.71 Å². The highest BCUT2D eigenvalue weighted by Crippen LogP contribution is 2.24. The first kappa shape index (κ1) is 13.3. The smallest absolute Gasteiger partial charge is 0.232 e. The fraction of sp³-hybridized carbons (Fsp3) is 0.417. The molecule has 4 nitrogen and oxygen atoms in total. The average molecular weight is 284 g/mol. The van der Waals surface area contributed by atoms with E-state index in [1.54, 1.807) is 23.5 Å². The summed E-state index contributed by atoms with van der Waals surface area (Å²) in [5.74, 6) is 0.164. The maximum absolute atomic E-state index is 11.8. The molecular formula is C12H16N2O2S2. The summed E-state index contributed by atoms with van der Waals surface area (Å²) in [5.41, 5.74) is 1.43. The number of unbranched alkanes of at least 4 members (excludes halogenated alkanes) is 1. The summed E-state index contributed by atoms with van der Waals surface area (Å²) in [4.78, 5) is 4.35. The van der Waals surface area contributed by atoms with Gasteiger partial charge in [0.2, 0.25) is 10.0 Å². The van der Waals surface area contributed by atoms with Crippen molar-refractivity contribution in [3.05, 3.63) is 23.2 Å². The number of benzene rings is 1. The third kappa shape index (κ3) is 3.20. The Labute approximate surface area is 111 Å². The van der Waals surface area contributed by atoms with Crippen molar-refractivity contribution in [1.29, 1.82) is 0 Å². The molecule has 98 valence electrons. The molecule has 0 bridgehead atoms. The van der Waals surface area contributed by atoms with Crippen LogP contribution in [0.3, 0.4) is 0 Å². The number of anilines is 1. The molecule has 0 fully saturated rings. The molecule has 0 amide bonds. The van der Waals surface area contributed by atoms with Crippen LogP contribution < -0.4 is 4.72 Å². The van der Waals surface area contributed by atoms with Gasteiger partial charge in [-0.3, -0.25) is 4.72 Å². The SMILES string of the molecule is CCCCS(=O)(=O)Nc1ccc2sc(C)nc2c1. The molecule has 0 saturated heterocycles. The van der Waals surface area contributed by atoms with Crippen LogP contribution in [0.5, 0.6) is 0 Å². The Balaban J connectivity index is 2.21. The number of aromatic nitrogens is 1. The van der Waals surface area contributed by atoms with E-state index in [0.29, 0.717) is 12.1 Å². The molecular weight excluding hydrogens is 268 g/mol. The van der Waals surface area contributed by atoms with Gasteiger partial charge in [-0.15, -0.1) is 11.3 Å². The number of aryl methyl sites for hydroxylation is 1. The lowest BCUT2D eigenvalue weighted by Crippen LogP contribution is -2.16. The molecule has 2 aromatic rings. The van der Waals surface area contributed by atoms with Gasteiger partial charge >= 0.3 is 0 Å². The number of sulfonamides is 1. The van der Waals surface area contributed by atoms with E-state index in [1.165, 1.54) is 0 Å². The molecule has 0 saturated carbocycles. The summed E-state index contributed by atoms with van der Waals surface area (Å²) in [6, 6.07) is 5.46. The van der Waals surface area contributed by atoms with Crippen molar-refractivity contribution in [2.24, 2.45) is 0 Å². The molecule has 1 aromatic heterocycles. The van der Waals surface area contributed by atoms with Crippen LogP contribution >= 0.6 is 11.3 Å². The maximum Gasteiger partial charge on any atom is 0.232 e. The van der Waals surface area contributed by atoms with Crippen molar-refractivity contribution in [1.82, 2.24) is 4.98 Å². The first-order valence-electron chi connectivity index (χ1n) is 5.88. The summed E-state index contributed by atoms with van der Waals surface area (Å²) in [6.07, 6.45) is 1.54. The molecule has 1 heterocycles. The fourth-order valence-electron chi connectivity index (χ4n) is 1.67. The van der Waals surface area contributed by atoms with Crippen molar-refractivity contribution in [3.63, 3.8) is 0 Å². The first-order chi connectivity index (χ1) is 8.50. The third-order valence-electron chi connectivity index (χ3n) is 2.53. The number of fused-ring (bicyclic) bond motifs is 1.